The Kier molecular flexibility index (Phi) is 5.21. The number of rotatable bonds is 5. The Labute approximate surface area is 171 Å². The van der Waals surface area contributed by atoms with Gasteiger partial charge in [0.05, 0.1) is 6.26 Å². The average Bonchev–Trinajstić information content (AvgIpc) is 3.30. The summed E-state index contributed by atoms with van der Waals surface area (Å²) in [5.41, 5.74) is 3.26. The van der Waals surface area contributed by atoms with E-state index in [9.17, 15) is 17.6 Å². The van der Waals surface area contributed by atoms with Crippen molar-refractivity contribution in [2.24, 2.45) is 5.92 Å². The molecule has 1 amide bonds. The number of likely N-dealkylation sites (tertiary alicyclic amines) is 1. The minimum Gasteiger partial charge on any atom is -0.341 e. The van der Waals surface area contributed by atoms with Crippen LogP contribution in [0.25, 0.3) is 11.1 Å². The van der Waals surface area contributed by atoms with Crippen molar-refractivity contribution in [3.8, 4) is 11.1 Å². The van der Waals surface area contributed by atoms with Crippen LogP contribution in [0.1, 0.15) is 29.9 Å². The minimum absolute atomic E-state index is 0.00760. The number of carbonyl (C=O) groups excluding carboxylic acids is 1. The van der Waals surface area contributed by atoms with Crippen molar-refractivity contribution in [2.45, 2.75) is 31.7 Å². The maximum atomic E-state index is 14.9. The van der Waals surface area contributed by atoms with Crippen molar-refractivity contribution in [3.05, 3.63) is 59.4 Å². The van der Waals surface area contributed by atoms with E-state index in [1.165, 1.54) is 6.07 Å². The monoisotopic (exact) mass is 416 g/mol. The molecule has 154 valence electrons. The normalized spacial score (nSPS) is 24.0. The summed E-state index contributed by atoms with van der Waals surface area (Å²) < 4.78 is 40.4. The first-order chi connectivity index (χ1) is 13.7. The van der Waals surface area contributed by atoms with Crippen LogP contribution >= 0.6 is 0 Å². The molecular formula is C22H25FN2O3S. The van der Waals surface area contributed by atoms with Crippen LogP contribution in [0.5, 0.6) is 0 Å². The van der Waals surface area contributed by atoms with E-state index in [4.69, 9.17) is 0 Å². The molecule has 29 heavy (non-hydrogen) atoms. The number of hydrogen-bond acceptors (Lipinski definition) is 3. The highest BCUT2D eigenvalue weighted by molar-refractivity contribution is 7.88. The Bertz CT molecular complexity index is 1040. The molecule has 0 unspecified atom stereocenters. The van der Waals surface area contributed by atoms with Gasteiger partial charge >= 0.3 is 0 Å². The largest absolute Gasteiger partial charge is 0.341 e. The Morgan fingerprint density at radius 1 is 1.21 bits per heavy atom. The van der Waals surface area contributed by atoms with Crippen LogP contribution < -0.4 is 4.72 Å². The van der Waals surface area contributed by atoms with Crippen molar-refractivity contribution in [2.75, 3.05) is 19.3 Å². The van der Waals surface area contributed by atoms with E-state index >= 15 is 0 Å². The minimum atomic E-state index is -3.30. The fourth-order valence-corrected chi connectivity index (χ4v) is 5.17. The number of halogens is 1. The Hall–Kier alpha value is -2.25. The summed E-state index contributed by atoms with van der Waals surface area (Å²) in [6, 6.07) is 13.0. The van der Waals surface area contributed by atoms with Gasteiger partial charge < -0.3 is 4.90 Å². The molecule has 0 aromatic heterocycles. The Balaban J connectivity index is 1.53. The van der Waals surface area contributed by atoms with Crippen LogP contribution in [0.3, 0.4) is 0 Å². The van der Waals surface area contributed by atoms with Crippen molar-refractivity contribution in [1.82, 2.24) is 9.62 Å². The summed E-state index contributed by atoms with van der Waals surface area (Å²) in [5, 5.41) is 0. The second-order valence-corrected chi connectivity index (χ2v) is 9.96. The summed E-state index contributed by atoms with van der Waals surface area (Å²) in [6.07, 6.45) is 2.35. The Morgan fingerprint density at radius 2 is 1.93 bits per heavy atom. The third kappa shape index (κ3) is 4.36. The molecule has 2 aliphatic rings. The van der Waals surface area contributed by atoms with Crippen LogP contribution in [0.15, 0.2) is 42.5 Å². The van der Waals surface area contributed by atoms with Gasteiger partial charge in [-0.2, -0.15) is 0 Å². The van der Waals surface area contributed by atoms with Crippen molar-refractivity contribution in [3.63, 3.8) is 0 Å². The zero-order valence-corrected chi connectivity index (χ0v) is 17.4. The zero-order chi connectivity index (χ0) is 20.8. The quantitative estimate of drug-likeness (QED) is 0.815. The predicted molar refractivity (Wildman–Crippen MR) is 110 cm³/mol. The molecule has 1 aliphatic heterocycles. The fourth-order valence-electron chi connectivity index (χ4n) is 4.37. The molecule has 5 nitrogen and oxygen atoms in total. The third-order valence-electron chi connectivity index (χ3n) is 5.72. The molecule has 7 heteroatoms. The number of aryl methyl sites for hydroxylation is 1. The lowest BCUT2D eigenvalue weighted by Crippen LogP contribution is -2.38. The van der Waals surface area contributed by atoms with E-state index in [1.807, 2.05) is 43.3 Å². The van der Waals surface area contributed by atoms with E-state index in [0.717, 1.165) is 22.9 Å². The van der Waals surface area contributed by atoms with Gasteiger partial charge in [-0.25, -0.2) is 17.5 Å². The van der Waals surface area contributed by atoms with E-state index in [2.05, 4.69) is 4.72 Å². The summed E-state index contributed by atoms with van der Waals surface area (Å²) in [7, 11) is -3.30. The van der Waals surface area contributed by atoms with Crippen molar-refractivity contribution >= 4 is 15.9 Å². The highest BCUT2D eigenvalue weighted by Crippen LogP contribution is 2.52. The van der Waals surface area contributed by atoms with Gasteiger partial charge in [0.2, 0.25) is 15.9 Å². The van der Waals surface area contributed by atoms with Gasteiger partial charge in [-0.3, -0.25) is 4.79 Å². The molecule has 2 aromatic rings. The van der Waals surface area contributed by atoms with Crippen LogP contribution in [-0.2, 0) is 14.8 Å². The van der Waals surface area contributed by atoms with E-state index in [1.54, 1.807) is 4.90 Å². The number of amides is 1. The smallest absolute Gasteiger partial charge is 0.226 e. The van der Waals surface area contributed by atoms with Gasteiger partial charge in [-0.1, -0.05) is 36.4 Å². The lowest BCUT2D eigenvalue weighted by Gasteiger charge is -2.18. The van der Waals surface area contributed by atoms with Crippen molar-refractivity contribution < 1.29 is 17.6 Å². The molecule has 0 bridgehead atoms. The van der Waals surface area contributed by atoms with Crippen LogP contribution in [0.4, 0.5) is 4.39 Å². The highest BCUT2D eigenvalue weighted by Gasteiger charge is 2.49. The number of hydrogen-bond donors (Lipinski definition) is 1. The molecule has 1 saturated heterocycles. The maximum Gasteiger partial charge on any atom is 0.226 e. The average molecular weight is 417 g/mol. The van der Waals surface area contributed by atoms with E-state index in [-0.39, 0.29) is 29.6 Å². The van der Waals surface area contributed by atoms with E-state index in [0.29, 0.717) is 31.5 Å². The SMILES string of the molecule is Cc1cc(F)c([C@@H]2C[C@H]2C(=O)N2CC[C@@H](NS(C)(=O)=O)C2)c(-c2ccccc2)c1. The topological polar surface area (TPSA) is 66.5 Å². The second-order valence-electron chi connectivity index (χ2n) is 8.18. The predicted octanol–water partition coefficient (Wildman–Crippen LogP) is 3.05. The second kappa shape index (κ2) is 7.54. The number of nitrogens with one attached hydrogen (secondary N) is 1. The first-order valence-electron chi connectivity index (χ1n) is 9.84. The van der Waals surface area contributed by atoms with Gasteiger partial charge in [0.15, 0.2) is 0 Å². The standard InChI is InChI=1S/C22H25FN2O3S/c1-14-10-17(15-6-4-3-5-7-15)21(20(23)11-14)18-12-19(18)22(26)25-9-8-16(13-25)24-29(2,27)28/h3-7,10-11,16,18-19,24H,8-9,12-13H2,1-2H3/t16-,18-,19-/m1/s1. The fraction of sp³-hybridized carbons (Fsp3) is 0.409. The number of nitrogens with zero attached hydrogens (tertiary/aromatic N) is 1. The first kappa shape index (κ1) is 20.0. The maximum absolute atomic E-state index is 14.9. The number of sulfonamides is 1. The summed E-state index contributed by atoms with van der Waals surface area (Å²) in [5.74, 6) is -0.652. The zero-order valence-electron chi connectivity index (χ0n) is 16.6. The molecule has 1 N–H and O–H groups in total. The van der Waals surface area contributed by atoms with Gasteiger partial charge in [-0.15, -0.1) is 0 Å². The van der Waals surface area contributed by atoms with Crippen molar-refractivity contribution in [1.29, 1.82) is 0 Å². The lowest BCUT2D eigenvalue weighted by molar-refractivity contribution is -0.131. The van der Waals surface area contributed by atoms with Crippen LogP contribution in [0, 0.1) is 18.7 Å². The number of benzene rings is 2. The van der Waals surface area contributed by atoms with Gasteiger partial charge in [-0.05, 0) is 54.0 Å². The Morgan fingerprint density at radius 3 is 2.62 bits per heavy atom. The highest BCUT2D eigenvalue weighted by atomic mass is 32.2. The van der Waals surface area contributed by atoms with Gasteiger partial charge in [0, 0.05) is 25.0 Å². The molecule has 1 saturated carbocycles. The summed E-state index contributed by atoms with van der Waals surface area (Å²) in [4.78, 5) is 14.7. The molecule has 1 aliphatic carbocycles. The molecular weight excluding hydrogens is 391 g/mol. The molecule has 2 fully saturated rings. The van der Waals surface area contributed by atoms with Crippen LogP contribution in [-0.4, -0.2) is 44.6 Å². The van der Waals surface area contributed by atoms with Crippen LogP contribution in [0.2, 0.25) is 0 Å². The summed E-state index contributed by atoms with van der Waals surface area (Å²) >= 11 is 0. The molecule has 0 spiro atoms. The molecule has 0 radical (unpaired) electrons. The third-order valence-corrected chi connectivity index (χ3v) is 6.48. The lowest BCUT2D eigenvalue weighted by atomic mass is 9.93. The molecule has 3 atom stereocenters. The summed E-state index contributed by atoms with van der Waals surface area (Å²) in [6.45, 7) is 2.77. The van der Waals surface area contributed by atoms with Gasteiger partial charge in [0.1, 0.15) is 5.82 Å². The van der Waals surface area contributed by atoms with Gasteiger partial charge in [0.25, 0.3) is 0 Å². The molecule has 1 heterocycles. The van der Waals surface area contributed by atoms with E-state index < -0.39 is 10.0 Å². The first-order valence-corrected chi connectivity index (χ1v) is 11.7. The molecule has 4 rings (SSSR count). The number of carbonyl (C=O) groups is 1. The molecule has 2 aromatic carbocycles.